The number of hydrogen-bond acceptors (Lipinski definition) is 7. The van der Waals surface area contributed by atoms with Crippen molar-refractivity contribution in [2.45, 2.75) is 24.3 Å². The van der Waals surface area contributed by atoms with Gasteiger partial charge in [-0.05, 0) is 43.2 Å². The average molecular weight is 523 g/mol. The summed E-state index contributed by atoms with van der Waals surface area (Å²) in [5, 5.41) is 11.2. The standard InChI is InChI=1S/C22H23FN4O6S2/c1-33-13-12-26-19-14-17(27(29)30)4-7-20(19)34-22(26)24-21(28)15-8-10-25(11-9-15)35(31,32)18-5-2-16(23)3-6-18/h2-7,14-15H,8-13H2,1H3. The van der Waals surface area contributed by atoms with E-state index in [1.807, 2.05) is 0 Å². The van der Waals surface area contributed by atoms with Crippen molar-refractivity contribution < 1.29 is 27.3 Å². The number of methoxy groups -OCH3 is 1. The van der Waals surface area contributed by atoms with Crippen LogP contribution in [0.15, 0.2) is 52.4 Å². The highest BCUT2D eigenvalue weighted by Crippen LogP contribution is 2.26. The van der Waals surface area contributed by atoms with Crippen molar-refractivity contribution in [3.8, 4) is 0 Å². The second-order valence-electron chi connectivity index (χ2n) is 8.02. The molecule has 186 valence electrons. The minimum Gasteiger partial charge on any atom is -0.383 e. The van der Waals surface area contributed by atoms with Gasteiger partial charge >= 0.3 is 0 Å². The summed E-state index contributed by atoms with van der Waals surface area (Å²) >= 11 is 1.25. The van der Waals surface area contributed by atoms with Gasteiger partial charge in [-0.25, -0.2) is 12.8 Å². The maximum Gasteiger partial charge on any atom is 0.271 e. The first-order chi connectivity index (χ1) is 16.7. The molecule has 0 aliphatic carbocycles. The van der Waals surface area contributed by atoms with Gasteiger partial charge < -0.3 is 9.30 Å². The second kappa shape index (κ2) is 10.3. The van der Waals surface area contributed by atoms with Crippen molar-refractivity contribution in [1.82, 2.24) is 8.87 Å². The van der Waals surface area contributed by atoms with Gasteiger partial charge in [0.15, 0.2) is 4.80 Å². The number of piperidine rings is 1. The lowest BCUT2D eigenvalue weighted by molar-refractivity contribution is -0.384. The summed E-state index contributed by atoms with van der Waals surface area (Å²) in [5.74, 6) is -1.34. The van der Waals surface area contributed by atoms with Crippen LogP contribution in [0.4, 0.5) is 10.1 Å². The van der Waals surface area contributed by atoms with Crippen LogP contribution in [0, 0.1) is 21.8 Å². The quantitative estimate of drug-likeness (QED) is 0.347. The number of hydrogen-bond donors (Lipinski definition) is 0. The number of nitrogens with zero attached hydrogens (tertiary/aromatic N) is 4. The number of fused-ring (bicyclic) bond motifs is 1. The van der Waals surface area contributed by atoms with Crippen molar-refractivity contribution in [3.63, 3.8) is 0 Å². The molecule has 13 heteroatoms. The minimum atomic E-state index is -3.78. The van der Waals surface area contributed by atoms with Crippen LogP contribution in [0.5, 0.6) is 0 Å². The van der Waals surface area contributed by atoms with E-state index in [2.05, 4.69) is 4.99 Å². The topological polar surface area (TPSA) is 124 Å². The number of carbonyl (C=O) groups excluding carboxylic acids is 1. The third kappa shape index (κ3) is 5.32. The van der Waals surface area contributed by atoms with Crippen LogP contribution in [-0.2, 0) is 26.1 Å². The largest absolute Gasteiger partial charge is 0.383 e. The van der Waals surface area contributed by atoms with Gasteiger partial charge in [0.1, 0.15) is 5.82 Å². The zero-order valence-electron chi connectivity index (χ0n) is 18.8. The molecule has 1 fully saturated rings. The molecule has 1 aromatic heterocycles. The molecule has 0 unspecified atom stereocenters. The number of aromatic nitrogens is 1. The SMILES string of the molecule is COCCn1c(=NC(=O)C2CCN(S(=O)(=O)c3ccc(F)cc3)CC2)sc2ccc([N+](=O)[O-])cc21. The van der Waals surface area contributed by atoms with E-state index in [4.69, 9.17) is 4.74 Å². The smallest absolute Gasteiger partial charge is 0.271 e. The summed E-state index contributed by atoms with van der Waals surface area (Å²) in [7, 11) is -2.24. The van der Waals surface area contributed by atoms with E-state index in [1.165, 1.54) is 47.0 Å². The van der Waals surface area contributed by atoms with E-state index >= 15 is 0 Å². The molecule has 2 heterocycles. The molecule has 1 aliphatic rings. The monoisotopic (exact) mass is 522 g/mol. The molecule has 35 heavy (non-hydrogen) atoms. The van der Waals surface area contributed by atoms with Crippen LogP contribution < -0.4 is 4.80 Å². The Hall–Kier alpha value is -3.00. The minimum absolute atomic E-state index is 0.00641. The fourth-order valence-electron chi connectivity index (χ4n) is 3.94. The Morgan fingerprint density at radius 3 is 2.54 bits per heavy atom. The lowest BCUT2D eigenvalue weighted by Gasteiger charge is -2.29. The lowest BCUT2D eigenvalue weighted by atomic mass is 9.98. The highest BCUT2D eigenvalue weighted by Gasteiger charge is 2.32. The van der Waals surface area contributed by atoms with Crippen LogP contribution in [0.3, 0.4) is 0 Å². The molecule has 0 bridgehead atoms. The number of sulfonamides is 1. The van der Waals surface area contributed by atoms with Crippen LogP contribution >= 0.6 is 11.3 Å². The van der Waals surface area contributed by atoms with Gasteiger partial charge in [0.05, 0.1) is 26.6 Å². The number of amides is 1. The summed E-state index contributed by atoms with van der Waals surface area (Å²) in [5.41, 5.74) is 0.530. The molecule has 2 aromatic carbocycles. The third-order valence-corrected chi connectivity index (χ3v) is 8.83. The maximum absolute atomic E-state index is 13.2. The summed E-state index contributed by atoms with van der Waals surface area (Å²) < 4.78 is 47.7. The number of nitro groups is 1. The van der Waals surface area contributed by atoms with Crippen LogP contribution in [0.1, 0.15) is 12.8 Å². The molecule has 0 spiro atoms. The van der Waals surface area contributed by atoms with E-state index < -0.39 is 26.7 Å². The van der Waals surface area contributed by atoms with E-state index in [1.54, 1.807) is 10.6 Å². The summed E-state index contributed by atoms with van der Waals surface area (Å²) in [6.07, 6.45) is 0.606. The van der Waals surface area contributed by atoms with Crippen molar-refractivity contribution >= 4 is 43.2 Å². The normalized spacial score (nSPS) is 16.1. The Morgan fingerprint density at radius 1 is 1.23 bits per heavy atom. The van der Waals surface area contributed by atoms with Crippen LogP contribution in [0.25, 0.3) is 10.2 Å². The fourth-order valence-corrected chi connectivity index (χ4v) is 6.45. The summed E-state index contributed by atoms with van der Waals surface area (Å²) in [6.45, 7) is 0.982. The fraction of sp³-hybridized carbons (Fsp3) is 0.364. The van der Waals surface area contributed by atoms with Gasteiger partial charge in [-0.3, -0.25) is 14.9 Å². The van der Waals surface area contributed by atoms with E-state index in [0.29, 0.717) is 36.3 Å². The Bertz CT molecular complexity index is 1420. The number of ether oxygens (including phenoxy) is 1. The average Bonchev–Trinajstić information content (AvgIpc) is 3.18. The third-order valence-electron chi connectivity index (χ3n) is 5.86. The number of carbonyl (C=O) groups is 1. The van der Waals surface area contributed by atoms with Gasteiger partial charge in [-0.15, -0.1) is 0 Å². The van der Waals surface area contributed by atoms with Crippen molar-refractivity contribution in [3.05, 3.63) is 63.2 Å². The van der Waals surface area contributed by atoms with Crippen LogP contribution in [0.2, 0.25) is 0 Å². The van der Waals surface area contributed by atoms with E-state index in [9.17, 15) is 27.7 Å². The highest BCUT2D eigenvalue weighted by atomic mass is 32.2. The number of thiazole rings is 1. The molecular weight excluding hydrogens is 499 g/mol. The molecule has 0 saturated carbocycles. The van der Waals surface area contributed by atoms with Gasteiger partial charge in [-0.2, -0.15) is 9.30 Å². The molecule has 3 aromatic rings. The predicted octanol–water partition coefficient (Wildman–Crippen LogP) is 2.92. The summed E-state index contributed by atoms with van der Waals surface area (Å²) in [4.78, 5) is 28.4. The zero-order chi connectivity index (χ0) is 25.2. The van der Waals surface area contributed by atoms with Gasteiger partial charge in [0.25, 0.3) is 11.6 Å². The number of rotatable bonds is 7. The molecule has 1 aliphatic heterocycles. The van der Waals surface area contributed by atoms with Gasteiger partial charge in [0.2, 0.25) is 10.0 Å². The van der Waals surface area contributed by atoms with Crippen molar-refractivity contribution in [2.75, 3.05) is 26.8 Å². The molecule has 0 radical (unpaired) electrons. The van der Waals surface area contributed by atoms with Crippen molar-refractivity contribution in [2.24, 2.45) is 10.9 Å². The molecular formula is C22H23FN4O6S2. The predicted molar refractivity (Wildman–Crippen MR) is 127 cm³/mol. The molecule has 0 N–H and O–H groups in total. The zero-order valence-corrected chi connectivity index (χ0v) is 20.4. The van der Waals surface area contributed by atoms with Crippen molar-refractivity contribution in [1.29, 1.82) is 0 Å². The van der Waals surface area contributed by atoms with E-state index in [0.717, 1.165) is 16.8 Å². The Balaban J connectivity index is 1.55. The van der Waals surface area contributed by atoms with Gasteiger partial charge in [0, 0.05) is 44.8 Å². The number of nitro benzene ring substituents is 1. The molecule has 1 saturated heterocycles. The molecule has 4 rings (SSSR count). The molecule has 1 amide bonds. The summed E-state index contributed by atoms with van der Waals surface area (Å²) in [6, 6.07) is 9.13. The Labute approximate surface area is 204 Å². The Kier molecular flexibility index (Phi) is 7.40. The van der Waals surface area contributed by atoms with E-state index in [-0.39, 0.29) is 29.6 Å². The number of benzene rings is 2. The second-order valence-corrected chi connectivity index (χ2v) is 11.0. The first kappa shape index (κ1) is 25.1. The van der Waals surface area contributed by atoms with Gasteiger partial charge in [-0.1, -0.05) is 11.3 Å². The molecule has 0 atom stereocenters. The maximum atomic E-state index is 13.2. The number of halogens is 1. The lowest BCUT2D eigenvalue weighted by Crippen LogP contribution is -2.40. The molecule has 10 nitrogen and oxygen atoms in total. The highest BCUT2D eigenvalue weighted by molar-refractivity contribution is 7.89. The Morgan fingerprint density at radius 2 is 1.91 bits per heavy atom. The number of non-ortho nitro benzene ring substituents is 1. The van der Waals surface area contributed by atoms with Crippen LogP contribution in [-0.4, -0.2) is 54.9 Å². The first-order valence-corrected chi connectivity index (χ1v) is 13.1. The first-order valence-electron chi connectivity index (χ1n) is 10.8.